The second-order valence-electron chi connectivity index (χ2n) is 5.35. The van der Waals surface area contributed by atoms with Gasteiger partial charge >= 0.3 is 0 Å². The van der Waals surface area contributed by atoms with Crippen molar-refractivity contribution >= 4 is 10.0 Å². The van der Waals surface area contributed by atoms with Crippen molar-refractivity contribution in [3.05, 3.63) is 0 Å². The zero-order chi connectivity index (χ0) is 11.9. The zero-order valence-corrected chi connectivity index (χ0v) is 11.0. The van der Waals surface area contributed by atoms with Crippen LogP contribution in [0.15, 0.2) is 0 Å². The summed E-state index contributed by atoms with van der Waals surface area (Å²) in [4.78, 5) is 2.44. The van der Waals surface area contributed by atoms with Crippen LogP contribution in [-0.4, -0.2) is 68.2 Å². The molecule has 3 aliphatic rings. The maximum Gasteiger partial charge on any atom is 0.218 e. The van der Waals surface area contributed by atoms with Crippen molar-refractivity contribution in [2.75, 3.05) is 39.3 Å². The van der Waals surface area contributed by atoms with Crippen LogP contribution in [0.4, 0.5) is 0 Å². The Bertz CT molecular complexity index is 378. The highest BCUT2D eigenvalue weighted by molar-refractivity contribution is 7.89. The van der Waals surface area contributed by atoms with Crippen molar-refractivity contribution in [1.29, 1.82) is 0 Å². The molecular weight excluding hydrogens is 238 g/mol. The van der Waals surface area contributed by atoms with Crippen LogP contribution >= 0.6 is 0 Å². The molecule has 0 bridgehead atoms. The highest BCUT2D eigenvalue weighted by Gasteiger charge is 2.39. The van der Waals surface area contributed by atoms with Gasteiger partial charge in [-0.1, -0.05) is 0 Å². The molecular formula is C11H21N3O2S. The number of piperazine rings is 1. The van der Waals surface area contributed by atoms with E-state index in [4.69, 9.17) is 0 Å². The van der Waals surface area contributed by atoms with Gasteiger partial charge in [0.2, 0.25) is 10.0 Å². The van der Waals surface area contributed by atoms with E-state index in [-0.39, 0.29) is 5.25 Å². The van der Waals surface area contributed by atoms with Crippen LogP contribution in [0.2, 0.25) is 0 Å². The third-order valence-electron chi connectivity index (χ3n) is 4.35. The molecule has 3 fully saturated rings. The summed E-state index contributed by atoms with van der Waals surface area (Å²) in [5, 5.41) is 2.96. The fourth-order valence-corrected chi connectivity index (χ4v) is 5.17. The molecule has 3 saturated heterocycles. The van der Waals surface area contributed by atoms with Crippen molar-refractivity contribution in [2.45, 2.75) is 30.6 Å². The van der Waals surface area contributed by atoms with Gasteiger partial charge in [-0.15, -0.1) is 0 Å². The van der Waals surface area contributed by atoms with Gasteiger partial charge in [0.05, 0.1) is 5.25 Å². The van der Waals surface area contributed by atoms with Crippen LogP contribution in [0, 0.1) is 0 Å². The molecule has 98 valence electrons. The van der Waals surface area contributed by atoms with Crippen LogP contribution in [0.25, 0.3) is 0 Å². The van der Waals surface area contributed by atoms with E-state index in [1.165, 1.54) is 6.42 Å². The van der Waals surface area contributed by atoms with Crippen molar-refractivity contribution in [3.8, 4) is 0 Å². The minimum absolute atomic E-state index is 0.185. The average Bonchev–Trinajstić information content (AvgIpc) is 2.99. The SMILES string of the molecule is O=S(=O)(C1CCNC1)N1CCN2CCCC2C1. The molecule has 3 aliphatic heterocycles. The Balaban J connectivity index is 1.71. The van der Waals surface area contributed by atoms with Crippen molar-refractivity contribution in [1.82, 2.24) is 14.5 Å². The van der Waals surface area contributed by atoms with E-state index in [1.54, 1.807) is 4.31 Å². The quantitative estimate of drug-likeness (QED) is 0.723. The van der Waals surface area contributed by atoms with Crippen LogP contribution in [0.1, 0.15) is 19.3 Å². The zero-order valence-electron chi connectivity index (χ0n) is 10.1. The van der Waals surface area contributed by atoms with Gasteiger partial charge in [0.15, 0.2) is 0 Å². The predicted molar refractivity (Wildman–Crippen MR) is 66.4 cm³/mol. The molecule has 0 saturated carbocycles. The minimum atomic E-state index is -3.06. The fourth-order valence-electron chi connectivity index (χ4n) is 3.29. The van der Waals surface area contributed by atoms with Gasteiger partial charge in [-0.05, 0) is 32.4 Å². The molecule has 0 amide bonds. The molecule has 0 aromatic carbocycles. The van der Waals surface area contributed by atoms with Crippen LogP contribution < -0.4 is 5.32 Å². The van der Waals surface area contributed by atoms with Gasteiger partial charge in [-0.2, -0.15) is 4.31 Å². The normalized spacial score (nSPS) is 36.2. The van der Waals surface area contributed by atoms with E-state index in [9.17, 15) is 8.42 Å². The number of nitrogens with zero attached hydrogens (tertiary/aromatic N) is 2. The molecule has 17 heavy (non-hydrogen) atoms. The number of hydrogen-bond donors (Lipinski definition) is 1. The highest BCUT2D eigenvalue weighted by Crippen LogP contribution is 2.25. The van der Waals surface area contributed by atoms with E-state index in [0.29, 0.717) is 19.1 Å². The Morgan fingerprint density at radius 3 is 2.76 bits per heavy atom. The molecule has 3 heterocycles. The Hall–Kier alpha value is -0.170. The Morgan fingerprint density at radius 1 is 1.12 bits per heavy atom. The molecule has 6 heteroatoms. The molecule has 3 rings (SSSR count). The summed E-state index contributed by atoms with van der Waals surface area (Å²) in [6.45, 7) is 4.96. The Morgan fingerprint density at radius 2 is 2.00 bits per heavy atom. The summed E-state index contributed by atoms with van der Waals surface area (Å²) in [5.74, 6) is 0. The second kappa shape index (κ2) is 4.50. The Labute approximate surface area is 103 Å². The van der Waals surface area contributed by atoms with Gasteiger partial charge in [0, 0.05) is 32.2 Å². The summed E-state index contributed by atoms with van der Waals surface area (Å²) in [6.07, 6.45) is 3.16. The maximum absolute atomic E-state index is 12.4. The molecule has 2 unspecified atom stereocenters. The van der Waals surface area contributed by atoms with E-state index < -0.39 is 10.0 Å². The van der Waals surface area contributed by atoms with Gasteiger partial charge in [-0.3, -0.25) is 4.90 Å². The first-order valence-electron chi connectivity index (χ1n) is 6.61. The molecule has 2 atom stereocenters. The van der Waals surface area contributed by atoms with E-state index in [2.05, 4.69) is 10.2 Å². The van der Waals surface area contributed by atoms with E-state index >= 15 is 0 Å². The number of nitrogens with one attached hydrogen (secondary N) is 1. The third kappa shape index (κ3) is 2.12. The lowest BCUT2D eigenvalue weighted by Crippen LogP contribution is -2.54. The first kappa shape index (κ1) is 11.9. The number of rotatable bonds is 2. The lowest BCUT2D eigenvalue weighted by Gasteiger charge is -2.37. The number of fused-ring (bicyclic) bond motifs is 1. The minimum Gasteiger partial charge on any atom is -0.315 e. The summed E-state index contributed by atoms with van der Waals surface area (Å²) in [7, 11) is -3.06. The predicted octanol–water partition coefficient (Wildman–Crippen LogP) is -0.542. The first-order chi connectivity index (χ1) is 8.18. The molecule has 1 N–H and O–H groups in total. The summed E-state index contributed by atoms with van der Waals surface area (Å²) < 4.78 is 26.6. The molecule has 0 aliphatic carbocycles. The van der Waals surface area contributed by atoms with Gasteiger partial charge < -0.3 is 5.32 Å². The summed E-state index contributed by atoms with van der Waals surface area (Å²) >= 11 is 0. The lowest BCUT2D eigenvalue weighted by molar-refractivity contribution is 0.157. The van der Waals surface area contributed by atoms with Crippen molar-refractivity contribution in [3.63, 3.8) is 0 Å². The smallest absolute Gasteiger partial charge is 0.218 e. The summed E-state index contributed by atoms with van der Waals surface area (Å²) in [5.41, 5.74) is 0. The summed E-state index contributed by atoms with van der Waals surface area (Å²) in [6, 6.07) is 0.480. The maximum atomic E-state index is 12.4. The number of hydrogen-bond acceptors (Lipinski definition) is 4. The molecule has 5 nitrogen and oxygen atoms in total. The van der Waals surface area contributed by atoms with Crippen molar-refractivity contribution < 1.29 is 8.42 Å². The Kier molecular flexibility index (Phi) is 3.15. The average molecular weight is 259 g/mol. The topological polar surface area (TPSA) is 52.7 Å². The van der Waals surface area contributed by atoms with Crippen molar-refractivity contribution in [2.24, 2.45) is 0 Å². The highest BCUT2D eigenvalue weighted by atomic mass is 32.2. The lowest BCUT2D eigenvalue weighted by atomic mass is 10.2. The third-order valence-corrected chi connectivity index (χ3v) is 6.64. The van der Waals surface area contributed by atoms with E-state index in [0.717, 1.165) is 39.0 Å². The number of sulfonamides is 1. The second-order valence-corrected chi connectivity index (χ2v) is 7.56. The van der Waals surface area contributed by atoms with Crippen LogP contribution in [0.5, 0.6) is 0 Å². The largest absolute Gasteiger partial charge is 0.315 e. The monoisotopic (exact) mass is 259 g/mol. The van der Waals surface area contributed by atoms with Crippen LogP contribution in [-0.2, 0) is 10.0 Å². The standard InChI is InChI=1S/C11H21N3O2S/c15-17(16,11-3-4-12-8-11)14-7-6-13-5-1-2-10(13)9-14/h10-12H,1-9H2. The molecule has 0 aromatic heterocycles. The molecule has 0 radical (unpaired) electrons. The van der Waals surface area contributed by atoms with E-state index in [1.807, 2.05) is 0 Å². The van der Waals surface area contributed by atoms with Gasteiger partial charge in [-0.25, -0.2) is 8.42 Å². The first-order valence-corrected chi connectivity index (χ1v) is 8.12. The van der Waals surface area contributed by atoms with Gasteiger partial charge in [0.1, 0.15) is 0 Å². The molecule has 0 spiro atoms. The van der Waals surface area contributed by atoms with Gasteiger partial charge in [0.25, 0.3) is 0 Å². The fraction of sp³-hybridized carbons (Fsp3) is 1.00. The molecule has 0 aromatic rings. The van der Waals surface area contributed by atoms with Crippen LogP contribution in [0.3, 0.4) is 0 Å².